The second kappa shape index (κ2) is 10.5. The van der Waals surface area contributed by atoms with E-state index in [1.165, 1.54) is 4.90 Å². The minimum absolute atomic E-state index is 0.0464. The van der Waals surface area contributed by atoms with E-state index in [-0.39, 0.29) is 36.6 Å². The van der Waals surface area contributed by atoms with Crippen LogP contribution in [0.5, 0.6) is 5.75 Å². The van der Waals surface area contributed by atoms with E-state index in [4.69, 9.17) is 9.47 Å². The molecule has 1 aromatic rings. The third kappa shape index (κ3) is 5.51. The number of hydrogen-bond acceptors (Lipinski definition) is 6. The summed E-state index contributed by atoms with van der Waals surface area (Å²) in [6, 6.07) is 7.68. The van der Waals surface area contributed by atoms with Gasteiger partial charge in [-0.2, -0.15) is 0 Å². The average molecular weight is 444 g/mol. The van der Waals surface area contributed by atoms with Crippen molar-refractivity contribution in [2.24, 2.45) is 0 Å². The first-order chi connectivity index (χ1) is 15.2. The summed E-state index contributed by atoms with van der Waals surface area (Å²) in [7, 11) is 4.06. The predicted molar refractivity (Wildman–Crippen MR) is 125 cm³/mol. The van der Waals surface area contributed by atoms with Crippen LogP contribution in [0.25, 0.3) is 5.57 Å². The highest BCUT2D eigenvalue weighted by Gasteiger charge is 2.42. The molecule has 0 spiro atoms. The quantitative estimate of drug-likeness (QED) is 0.547. The number of piperidine rings is 1. The van der Waals surface area contributed by atoms with Crippen LogP contribution in [-0.4, -0.2) is 85.1 Å². The van der Waals surface area contributed by atoms with Crippen molar-refractivity contribution < 1.29 is 19.1 Å². The standard InChI is InChI=1S/C25H37N3O4/c1-17(2)31-16-15-28-24(29)22(19-7-9-21(10-8-19)32-18(3)4)23(25(28)30)27(6)20-11-13-26(5)14-12-20/h7-10,17-18,20H,11-16H2,1-6H3. The van der Waals surface area contributed by atoms with Gasteiger partial charge in [0.25, 0.3) is 11.8 Å². The zero-order valence-corrected chi connectivity index (χ0v) is 20.3. The summed E-state index contributed by atoms with van der Waals surface area (Å²) in [6.45, 7) is 10.4. The Labute approximate surface area is 191 Å². The molecule has 1 fully saturated rings. The number of benzene rings is 1. The number of imide groups is 1. The summed E-state index contributed by atoms with van der Waals surface area (Å²) >= 11 is 0. The Hall–Kier alpha value is -2.38. The van der Waals surface area contributed by atoms with Crippen molar-refractivity contribution in [3.05, 3.63) is 35.5 Å². The highest BCUT2D eigenvalue weighted by atomic mass is 16.5. The monoisotopic (exact) mass is 443 g/mol. The van der Waals surface area contributed by atoms with E-state index < -0.39 is 0 Å². The van der Waals surface area contributed by atoms with Crippen molar-refractivity contribution in [3.8, 4) is 5.75 Å². The van der Waals surface area contributed by atoms with Crippen LogP contribution in [0.1, 0.15) is 46.1 Å². The van der Waals surface area contributed by atoms with Gasteiger partial charge in [-0.25, -0.2) is 0 Å². The Morgan fingerprint density at radius 3 is 2.19 bits per heavy atom. The van der Waals surface area contributed by atoms with Gasteiger partial charge in [-0.1, -0.05) is 12.1 Å². The van der Waals surface area contributed by atoms with Crippen LogP contribution in [0.15, 0.2) is 30.0 Å². The molecule has 0 radical (unpaired) electrons. The smallest absolute Gasteiger partial charge is 0.277 e. The van der Waals surface area contributed by atoms with Crippen molar-refractivity contribution in [2.45, 2.75) is 58.8 Å². The van der Waals surface area contributed by atoms with Gasteiger partial charge < -0.3 is 19.3 Å². The van der Waals surface area contributed by atoms with Crippen molar-refractivity contribution in [2.75, 3.05) is 40.3 Å². The summed E-state index contributed by atoms with van der Waals surface area (Å²) < 4.78 is 11.4. The topological polar surface area (TPSA) is 62.3 Å². The molecule has 7 heteroatoms. The van der Waals surface area contributed by atoms with Crippen LogP contribution in [0.2, 0.25) is 0 Å². The molecular formula is C25H37N3O4. The van der Waals surface area contributed by atoms with E-state index in [2.05, 4.69) is 11.9 Å². The molecule has 0 N–H and O–H groups in total. The lowest BCUT2D eigenvalue weighted by Crippen LogP contribution is -2.44. The summed E-state index contributed by atoms with van der Waals surface area (Å²) in [5.41, 5.74) is 1.70. The summed E-state index contributed by atoms with van der Waals surface area (Å²) in [5, 5.41) is 0. The molecule has 2 aliphatic heterocycles. The lowest BCUT2D eigenvalue weighted by Gasteiger charge is -2.36. The number of likely N-dealkylation sites (N-methyl/N-ethyl adjacent to an activating group) is 1. The van der Waals surface area contributed by atoms with Gasteiger partial charge >= 0.3 is 0 Å². The Morgan fingerprint density at radius 1 is 1.00 bits per heavy atom. The highest BCUT2D eigenvalue weighted by molar-refractivity contribution is 6.35. The summed E-state index contributed by atoms with van der Waals surface area (Å²) in [6.07, 6.45) is 2.04. The fourth-order valence-electron chi connectivity index (χ4n) is 4.27. The van der Waals surface area contributed by atoms with Crippen LogP contribution >= 0.6 is 0 Å². The fourth-order valence-corrected chi connectivity index (χ4v) is 4.27. The summed E-state index contributed by atoms with van der Waals surface area (Å²) in [5.74, 6) is 0.254. The number of ether oxygens (including phenoxy) is 2. The van der Waals surface area contributed by atoms with E-state index in [1.807, 2.05) is 63.9 Å². The third-order valence-corrected chi connectivity index (χ3v) is 6.01. The Morgan fingerprint density at radius 2 is 1.62 bits per heavy atom. The van der Waals surface area contributed by atoms with Crippen molar-refractivity contribution in [3.63, 3.8) is 0 Å². The van der Waals surface area contributed by atoms with Gasteiger partial charge in [0.2, 0.25) is 0 Å². The normalized spacial score (nSPS) is 18.4. The van der Waals surface area contributed by atoms with Crippen molar-refractivity contribution >= 4 is 17.4 Å². The molecule has 0 saturated carbocycles. The molecule has 3 rings (SSSR count). The van der Waals surface area contributed by atoms with Gasteiger partial charge in [0.1, 0.15) is 11.4 Å². The molecule has 0 bridgehead atoms. The molecule has 0 atom stereocenters. The molecule has 0 unspecified atom stereocenters. The lowest BCUT2D eigenvalue weighted by atomic mass is 10.00. The highest BCUT2D eigenvalue weighted by Crippen LogP contribution is 2.34. The van der Waals surface area contributed by atoms with E-state index >= 15 is 0 Å². The minimum Gasteiger partial charge on any atom is -0.491 e. The van der Waals surface area contributed by atoms with Crippen LogP contribution in [0, 0.1) is 0 Å². The van der Waals surface area contributed by atoms with Gasteiger partial charge in [0, 0.05) is 13.1 Å². The van der Waals surface area contributed by atoms with Crippen molar-refractivity contribution in [1.82, 2.24) is 14.7 Å². The van der Waals surface area contributed by atoms with Crippen LogP contribution in [0.4, 0.5) is 0 Å². The largest absolute Gasteiger partial charge is 0.491 e. The predicted octanol–water partition coefficient (Wildman–Crippen LogP) is 3.00. The van der Waals surface area contributed by atoms with Gasteiger partial charge in [-0.3, -0.25) is 14.5 Å². The number of carbonyl (C=O) groups excluding carboxylic acids is 2. The van der Waals surface area contributed by atoms with Crippen LogP contribution in [0.3, 0.4) is 0 Å². The second-order valence-electron chi connectivity index (χ2n) is 9.24. The number of amides is 2. The molecule has 2 aliphatic rings. The zero-order valence-electron chi connectivity index (χ0n) is 20.3. The Balaban J connectivity index is 1.92. The molecule has 1 saturated heterocycles. The number of rotatable bonds is 9. The maximum atomic E-state index is 13.5. The number of carbonyl (C=O) groups is 2. The molecule has 1 aromatic carbocycles. The molecule has 0 aliphatic carbocycles. The first kappa shape index (κ1) is 24.3. The van der Waals surface area contributed by atoms with Crippen LogP contribution < -0.4 is 4.74 Å². The second-order valence-corrected chi connectivity index (χ2v) is 9.24. The van der Waals surface area contributed by atoms with Gasteiger partial charge in [-0.05, 0) is 78.4 Å². The van der Waals surface area contributed by atoms with Crippen molar-refractivity contribution in [1.29, 1.82) is 0 Å². The molecular weight excluding hydrogens is 406 g/mol. The van der Waals surface area contributed by atoms with Gasteiger partial charge in [0.15, 0.2) is 0 Å². The Kier molecular flexibility index (Phi) is 7.96. The Bertz CT molecular complexity index is 839. The first-order valence-electron chi connectivity index (χ1n) is 11.6. The maximum absolute atomic E-state index is 13.5. The molecule has 2 amide bonds. The average Bonchev–Trinajstić information content (AvgIpc) is 2.98. The number of hydrogen-bond donors (Lipinski definition) is 0. The molecule has 7 nitrogen and oxygen atoms in total. The van der Waals surface area contributed by atoms with Gasteiger partial charge in [0.05, 0.1) is 30.9 Å². The van der Waals surface area contributed by atoms with Crippen LogP contribution in [-0.2, 0) is 14.3 Å². The van der Waals surface area contributed by atoms with E-state index in [1.54, 1.807) is 0 Å². The first-order valence-corrected chi connectivity index (χ1v) is 11.6. The number of likely N-dealkylation sites (tertiary alicyclic amines) is 1. The summed E-state index contributed by atoms with van der Waals surface area (Å²) in [4.78, 5) is 32.5. The third-order valence-electron chi connectivity index (χ3n) is 6.01. The van der Waals surface area contributed by atoms with E-state index in [0.717, 1.165) is 37.2 Å². The number of nitrogens with zero attached hydrogens (tertiary/aromatic N) is 3. The maximum Gasteiger partial charge on any atom is 0.277 e. The molecule has 176 valence electrons. The lowest BCUT2D eigenvalue weighted by molar-refractivity contribution is -0.138. The van der Waals surface area contributed by atoms with E-state index in [9.17, 15) is 9.59 Å². The zero-order chi connectivity index (χ0) is 23.4. The molecule has 32 heavy (non-hydrogen) atoms. The molecule has 2 heterocycles. The fraction of sp³-hybridized carbons (Fsp3) is 0.600. The van der Waals surface area contributed by atoms with E-state index in [0.29, 0.717) is 17.9 Å². The molecule has 0 aromatic heterocycles. The SMILES string of the molecule is CC(C)OCCN1C(=O)C(c2ccc(OC(C)C)cc2)=C(N(C)C2CCN(C)CC2)C1=O. The minimum atomic E-state index is -0.255. The van der Waals surface area contributed by atoms with Gasteiger partial charge in [-0.15, -0.1) is 0 Å².